The Hall–Kier alpha value is -4.74. The molecule has 69 heavy (non-hydrogen) atoms. The van der Waals surface area contributed by atoms with Gasteiger partial charge in [-0.2, -0.15) is 0 Å². The number of benzene rings is 1. The number of carboxylic acid groups (broad SMARTS) is 2. The lowest BCUT2D eigenvalue weighted by Crippen LogP contribution is -2.54. The number of amides is 4. The first-order chi connectivity index (χ1) is 32.7. The van der Waals surface area contributed by atoms with Crippen LogP contribution in [0.5, 0.6) is 0 Å². The van der Waals surface area contributed by atoms with Crippen molar-refractivity contribution in [1.29, 1.82) is 0 Å². The van der Waals surface area contributed by atoms with Gasteiger partial charge in [0.15, 0.2) is 5.78 Å². The predicted octanol–water partition coefficient (Wildman–Crippen LogP) is 5.05. The SMILES string of the molecule is CC[C@H](C)[C@@H]([C@@H](CC(=O)N1CCC[C@H]1[C@H](OC)[C@@H](C)C(=O)C[C@@H](Cc1ccccc1)C(=O)O)OC)N(C)C(=O)[C@@H](CC(=O)[C@@H]1[C@H]2CC[C@H](C2)N1C(=O)CCOCCNC(=O)CC(C)C(=O)O)C(C)C. The van der Waals surface area contributed by atoms with E-state index in [0.717, 1.165) is 24.8 Å². The molecule has 0 spiro atoms. The smallest absolute Gasteiger partial charge is 0.307 e. The average Bonchev–Trinajstić information content (AvgIpc) is 4.09. The van der Waals surface area contributed by atoms with E-state index < -0.39 is 71.9 Å². The van der Waals surface area contributed by atoms with Crippen molar-refractivity contribution in [3.63, 3.8) is 0 Å². The summed E-state index contributed by atoms with van der Waals surface area (Å²) in [6.07, 6.45) is 2.77. The van der Waals surface area contributed by atoms with E-state index in [9.17, 15) is 43.5 Å². The lowest BCUT2D eigenvalue weighted by atomic mass is 9.83. The maximum Gasteiger partial charge on any atom is 0.307 e. The third-order valence-corrected chi connectivity index (χ3v) is 15.2. The van der Waals surface area contributed by atoms with Gasteiger partial charge in [-0.15, -0.1) is 0 Å². The Bertz CT molecular complexity index is 1910. The zero-order chi connectivity index (χ0) is 51.1. The minimum absolute atomic E-state index is 0.00249. The van der Waals surface area contributed by atoms with E-state index in [2.05, 4.69) is 5.32 Å². The maximum atomic E-state index is 14.7. The van der Waals surface area contributed by atoms with E-state index in [4.69, 9.17) is 19.3 Å². The molecule has 1 unspecified atom stereocenters. The minimum atomic E-state index is -1.05. The molecule has 1 aromatic rings. The topological polar surface area (TPSA) is 226 Å². The van der Waals surface area contributed by atoms with Gasteiger partial charge in [0.1, 0.15) is 5.78 Å². The van der Waals surface area contributed by atoms with Crippen molar-refractivity contribution in [3.05, 3.63) is 35.9 Å². The molecule has 2 heterocycles. The Kier molecular flexibility index (Phi) is 22.3. The van der Waals surface area contributed by atoms with Gasteiger partial charge in [0, 0.05) is 71.5 Å². The first-order valence-electron chi connectivity index (χ1n) is 25.1. The number of ketones is 2. The van der Waals surface area contributed by atoms with E-state index in [-0.39, 0.29) is 111 Å². The number of hydrogen-bond acceptors (Lipinski definition) is 11. The van der Waals surface area contributed by atoms with Crippen molar-refractivity contribution in [2.45, 2.75) is 155 Å². The van der Waals surface area contributed by atoms with Crippen LogP contribution in [0.25, 0.3) is 0 Å². The van der Waals surface area contributed by atoms with Gasteiger partial charge < -0.3 is 44.4 Å². The molecule has 2 aliphatic heterocycles. The predicted molar refractivity (Wildman–Crippen MR) is 257 cm³/mol. The lowest BCUT2D eigenvalue weighted by molar-refractivity contribution is -0.150. The Morgan fingerprint density at radius 2 is 1.54 bits per heavy atom. The number of carboxylic acids is 2. The van der Waals surface area contributed by atoms with E-state index in [1.54, 1.807) is 28.7 Å². The number of Topliss-reactive ketones (excluding diaryl/α,β-unsaturated/α-hetero) is 2. The number of methoxy groups -OCH3 is 2. The lowest BCUT2D eigenvalue weighted by Gasteiger charge is -2.41. The average molecular weight is 969 g/mol. The molecule has 386 valence electrons. The Balaban J connectivity index is 1.40. The quantitative estimate of drug-likeness (QED) is 0.0859. The number of fused-ring (bicyclic) bond motifs is 2. The molecule has 4 amide bonds. The van der Waals surface area contributed by atoms with Crippen molar-refractivity contribution in [2.24, 2.45) is 41.4 Å². The summed E-state index contributed by atoms with van der Waals surface area (Å²) in [6, 6.07) is 7.52. The van der Waals surface area contributed by atoms with Crippen LogP contribution in [0.3, 0.4) is 0 Å². The van der Waals surface area contributed by atoms with Crippen LogP contribution in [0.2, 0.25) is 0 Å². The van der Waals surface area contributed by atoms with E-state index in [1.165, 1.54) is 21.1 Å². The van der Waals surface area contributed by atoms with Crippen LogP contribution in [0, 0.1) is 41.4 Å². The van der Waals surface area contributed by atoms with Gasteiger partial charge in [-0.3, -0.25) is 38.4 Å². The summed E-state index contributed by atoms with van der Waals surface area (Å²) >= 11 is 0. The van der Waals surface area contributed by atoms with Crippen LogP contribution in [-0.4, -0.2) is 156 Å². The number of piperidine rings is 1. The molecule has 3 aliphatic rings. The summed E-state index contributed by atoms with van der Waals surface area (Å²) in [7, 11) is 4.74. The molecule has 17 heteroatoms. The van der Waals surface area contributed by atoms with Crippen molar-refractivity contribution < 1.29 is 62.8 Å². The van der Waals surface area contributed by atoms with Gasteiger partial charge in [0.2, 0.25) is 23.6 Å². The van der Waals surface area contributed by atoms with Crippen LogP contribution in [-0.2, 0) is 59.0 Å². The minimum Gasteiger partial charge on any atom is -0.481 e. The van der Waals surface area contributed by atoms with Gasteiger partial charge >= 0.3 is 11.9 Å². The number of likely N-dealkylation sites (N-methyl/N-ethyl adjacent to an activating group) is 1. The summed E-state index contributed by atoms with van der Waals surface area (Å²) in [5.41, 5.74) is 0.826. The molecule has 2 saturated heterocycles. The Morgan fingerprint density at radius 3 is 2.14 bits per heavy atom. The normalized spacial score (nSPS) is 22.3. The maximum absolute atomic E-state index is 14.7. The second-order valence-corrected chi connectivity index (χ2v) is 20.1. The van der Waals surface area contributed by atoms with Gasteiger partial charge in [-0.25, -0.2) is 0 Å². The van der Waals surface area contributed by atoms with Gasteiger partial charge in [0.05, 0.1) is 68.2 Å². The fraction of sp³-hybridized carbons (Fsp3) is 0.731. The molecule has 4 rings (SSSR count). The highest BCUT2D eigenvalue weighted by Crippen LogP contribution is 2.44. The standard InChI is InChI=1S/C52H80N4O13/c1-10-32(4)47(43(67-8)30-46(61)55-22-14-17-40(55)49(68-9)34(6)41(57)28-37(52(65)66)26-35-15-12-11-13-16-35)54(7)50(62)39(31(2)3)29-42(58)48-36-18-19-38(27-36)56(48)45(60)20-23-69-24-21-53-44(59)25-33(5)51(63)64/h11-13,15-16,31-34,36-40,43,47-49H,10,14,17-30H2,1-9H3,(H,53,59)(H,63,64)(H,65,66)/t32-,33?,34-,36-,37+,38+,39-,40-,43+,47-,48-,49+/m0/s1. The number of aliphatic carboxylic acids is 2. The zero-order valence-electron chi connectivity index (χ0n) is 42.4. The van der Waals surface area contributed by atoms with E-state index in [1.807, 2.05) is 58.0 Å². The molecule has 12 atom stereocenters. The Morgan fingerprint density at radius 1 is 0.841 bits per heavy atom. The molecule has 2 bridgehead atoms. The van der Waals surface area contributed by atoms with Crippen molar-refractivity contribution in [2.75, 3.05) is 47.6 Å². The largest absolute Gasteiger partial charge is 0.481 e. The van der Waals surface area contributed by atoms with Crippen molar-refractivity contribution in [3.8, 4) is 0 Å². The molecule has 3 N–H and O–H groups in total. The van der Waals surface area contributed by atoms with Crippen LogP contribution in [0.1, 0.15) is 118 Å². The second kappa shape index (κ2) is 27.0. The fourth-order valence-electron chi connectivity index (χ4n) is 11.0. The zero-order valence-corrected chi connectivity index (χ0v) is 42.4. The monoisotopic (exact) mass is 969 g/mol. The van der Waals surface area contributed by atoms with Crippen molar-refractivity contribution >= 4 is 47.1 Å². The molecule has 1 saturated carbocycles. The molecule has 1 aromatic carbocycles. The van der Waals surface area contributed by atoms with Gasteiger partial charge in [0.25, 0.3) is 0 Å². The number of nitrogens with one attached hydrogen (secondary N) is 1. The number of carbonyl (C=O) groups is 8. The third kappa shape index (κ3) is 15.1. The molecule has 1 aliphatic carbocycles. The highest BCUT2D eigenvalue weighted by Gasteiger charge is 2.52. The number of nitrogens with zero attached hydrogens (tertiary/aromatic N) is 3. The molecule has 3 fully saturated rings. The van der Waals surface area contributed by atoms with E-state index in [0.29, 0.717) is 25.8 Å². The Labute approximate surface area is 408 Å². The van der Waals surface area contributed by atoms with E-state index >= 15 is 0 Å². The van der Waals surface area contributed by atoms with Gasteiger partial charge in [-0.05, 0) is 61.8 Å². The summed E-state index contributed by atoms with van der Waals surface area (Å²) < 4.78 is 17.6. The van der Waals surface area contributed by atoms with Crippen LogP contribution in [0.4, 0.5) is 0 Å². The van der Waals surface area contributed by atoms with Crippen LogP contribution >= 0.6 is 0 Å². The summed E-state index contributed by atoms with van der Waals surface area (Å²) in [6.45, 7) is 11.9. The highest BCUT2D eigenvalue weighted by molar-refractivity contribution is 5.94. The molecular weight excluding hydrogens is 889 g/mol. The first kappa shape index (κ1) is 56.8. The second-order valence-electron chi connectivity index (χ2n) is 20.1. The summed E-state index contributed by atoms with van der Waals surface area (Å²) in [5.74, 6) is -6.96. The number of rotatable bonds is 30. The van der Waals surface area contributed by atoms with Crippen LogP contribution in [0.15, 0.2) is 30.3 Å². The number of ether oxygens (including phenoxy) is 3. The molecule has 0 radical (unpaired) electrons. The summed E-state index contributed by atoms with van der Waals surface area (Å²) in [5, 5.41) is 21.7. The molecule has 0 aromatic heterocycles. The van der Waals surface area contributed by atoms with Crippen molar-refractivity contribution in [1.82, 2.24) is 20.0 Å². The van der Waals surface area contributed by atoms with Crippen LogP contribution < -0.4 is 5.32 Å². The number of carbonyl (C=O) groups excluding carboxylic acids is 6. The van der Waals surface area contributed by atoms with Gasteiger partial charge in [-0.1, -0.05) is 78.3 Å². The number of hydrogen-bond donors (Lipinski definition) is 3. The molecular formula is C52H80N4O13. The third-order valence-electron chi connectivity index (χ3n) is 15.2. The number of likely N-dealkylation sites (tertiary alicyclic amines) is 2. The summed E-state index contributed by atoms with van der Waals surface area (Å²) in [4.78, 5) is 111. The fourth-order valence-corrected chi connectivity index (χ4v) is 11.0. The molecule has 17 nitrogen and oxygen atoms in total. The highest BCUT2D eigenvalue weighted by atomic mass is 16.5. The first-order valence-corrected chi connectivity index (χ1v) is 25.1.